The molecule has 2 amide bonds. The molecule has 47 heavy (non-hydrogen) atoms. The Morgan fingerprint density at radius 1 is 0.936 bits per heavy atom. The molecular formula is C36H36F2N4O4S. The summed E-state index contributed by atoms with van der Waals surface area (Å²) in [5.41, 5.74) is 2.47. The third-order valence-corrected chi connectivity index (χ3v) is 8.77. The van der Waals surface area contributed by atoms with Gasteiger partial charge in [-0.1, -0.05) is 55.5 Å². The van der Waals surface area contributed by atoms with Gasteiger partial charge in [0, 0.05) is 41.7 Å². The van der Waals surface area contributed by atoms with Gasteiger partial charge in [-0.3, -0.25) is 14.5 Å². The maximum atomic E-state index is 14.9. The maximum Gasteiger partial charge on any atom is 0.412 e. The molecule has 0 spiro atoms. The Morgan fingerprint density at radius 2 is 1.62 bits per heavy atom. The second-order valence-corrected chi connectivity index (χ2v) is 12.6. The molecule has 0 fully saturated rings. The van der Waals surface area contributed by atoms with Crippen LogP contribution in [-0.4, -0.2) is 34.6 Å². The number of amides is 2. The van der Waals surface area contributed by atoms with Crippen molar-refractivity contribution >= 4 is 39.2 Å². The molecule has 0 aliphatic rings. The van der Waals surface area contributed by atoms with Crippen LogP contribution < -0.4 is 20.8 Å². The van der Waals surface area contributed by atoms with Gasteiger partial charge in [-0.15, -0.1) is 11.3 Å². The number of halogens is 2. The van der Waals surface area contributed by atoms with E-state index < -0.39 is 23.2 Å². The average molecular weight is 659 g/mol. The summed E-state index contributed by atoms with van der Waals surface area (Å²) in [5.74, 6) is -1.85. The van der Waals surface area contributed by atoms with Crippen LogP contribution in [0.15, 0.2) is 83.8 Å². The highest BCUT2D eigenvalue weighted by molar-refractivity contribution is 7.22. The van der Waals surface area contributed by atoms with E-state index in [1.165, 1.54) is 35.7 Å². The fraction of sp³-hybridized carbons (Fsp3) is 0.250. The molecule has 0 aliphatic heterocycles. The lowest BCUT2D eigenvalue weighted by Gasteiger charge is -2.18. The number of benzene rings is 3. The molecule has 0 atom stereocenters. The summed E-state index contributed by atoms with van der Waals surface area (Å²) >= 11 is 1.31. The number of ether oxygens (including phenoxy) is 1. The Labute approximate surface area is 275 Å². The van der Waals surface area contributed by atoms with E-state index in [9.17, 15) is 23.2 Å². The van der Waals surface area contributed by atoms with E-state index >= 15 is 0 Å². The number of rotatable bonds is 11. The summed E-state index contributed by atoms with van der Waals surface area (Å²) in [5, 5.41) is 5.75. The fourth-order valence-electron chi connectivity index (χ4n) is 5.24. The number of thiophene rings is 1. The first-order valence-electron chi connectivity index (χ1n) is 15.3. The number of nitrogens with one attached hydrogen (secondary N) is 2. The first-order chi connectivity index (χ1) is 22.5. The maximum absolute atomic E-state index is 14.9. The van der Waals surface area contributed by atoms with Crippen molar-refractivity contribution in [1.29, 1.82) is 0 Å². The SMILES string of the molecule is CCC(=O)Nc1ccc(-c2sc3c(c2CN(C)Cc2ccccc2)c(=O)c(OC(=O)NC(C)C)cn3Cc2c(F)cccc2F)cc1. The van der Waals surface area contributed by atoms with E-state index in [1.54, 1.807) is 37.5 Å². The Kier molecular flexibility index (Phi) is 10.5. The Hall–Kier alpha value is -4.87. The van der Waals surface area contributed by atoms with Crippen molar-refractivity contribution in [2.24, 2.45) is 0 Å². The van der Waals surface area contributed by atoms with E-state index in [0.29, 0.717) is 41.0 Å². The molecule has 0 unspecified atom stereocenters. The van der Waals surface area contributed by atoms with Gasteiger partial charge in [-0.05, 0) is 61.9 Å². The van der Waals surface area contributed by atoms with Crippen molar-refractivity contribution < 1.29 is 23.1 Å². The van der Waals surface area contributed by atoms with Crippen LogP contribution in [0, 0.1) is 11.6 Å². The zero-order valence-electron chi connectivity index (χ0n) is 26.6. The zero-order valence-corrected chi connectivity index (χ0v) is 27.4. The molecular weight excluding hydrogens is 622 g/mol. The van der Waals surface area contributed by atoms with Gasteiger partial charge in [-0.2, -0.15) is 0 Å². The van der Waals surface area contributed by atoms with E-state index in [-0.39, 0.29) is 29.8 Å². The summed E-state index contributed by atoms with van der Waals surface area (Å²) in [7, 11) is 1.94. The largest absolute Gasteiger partial charge is 0.412 e. The lowest BCUT2D eigenvalue weighted by atomic mass is 10.0. The van der Waals surface area contributed by atoms with Crippen LogP contribution in [0.25, 0.3) is 20.7 Å². The molecule has 0 aliphatic carbocycles. The monoisotopic (exact) mass is 658 g/mol. The topological polar surface area (TPSA) is 92.7 Å². The Morgan fingerprint density at radius 3 is 2.26 bits per heavy atom. The zero-order chi connectivity index (χ0) is 33.7. The molecule has 244 valence electrons. The van der Waals surface area contributed by atoms with E-state index in [1.807, 2.05) is 49.5 Å². The number of hydrogen-bond donors (Lipinski definition) is 2. The minimum atomic E-state index is -0.817. The van der Waals surface area contributed by atoms with Gasteiger partial charge < -0.3 is 19.9 Å². The lowest BCUT2D eigenvalue weighted by Crippen LogP contribution is -2.34. The lowest BCUT2D eigenvalue weighted by molar-refractivity contribution is -0.115. The molecule has 11 heteroatoms. The van der Waals surface area contributed by atoms with Crippen molar-refractivity contribution in [3.8, 4) is 16.2 Å². The number of anilines is 1. The number of aromatic nitrogens is 1. The number of nitrogens with zero attached hydrogens (tertiary/aromatic N) is 2. The molecule has 2 aromatic heterocycles. The normalized spacial score (nSPS) is 11.3. The molecule has 8 nitrogen and oxygen atoms in total. The van der Waals surface area contributed by atoms with E-state index in [4.69, 9.17) is 4.74 Å². The van der Waals surface area contributed by atoms with Crippen LogP contribution in [0.5, 0.6) is 5.75 Å². The molecule has 5 rings (SSSR count). The highest BCUT2D eigenvalue weighted by Gasteiger charge is 2.25. The number of pyridine rings is 1. The molecule has 2 heterocycles. The van der Waals surface area contributed by atoms with Gasteiger partial charge >= 0.3 is 6.09 Å². The summed E-state index contributed by atoms with van der Waals surface area (Å²) in [6, 6.07) is 20.6. The van der Waals surface area contributed by atoms with Crippen LogP contribution in [-0.2, 0) is 24.4 Å². The summed E-state index contributed by atoms with van der Waals surface area (Å²) in [6.45, 7) is 5.96. The minimum Gasteiger partial charge on any atom is -0.405 e. The minimum absolute atomic E-state index is 0.116. The van der Waals surface area contributed by atoms with Gasteiger partial charge in [0.1, 0.15) is 16.5 Å². The van der Waals surface area contributed by atoms with Crippen molar-refractivity contribution in [3.05, 3.63) is 118 Å². The molecule has 3 aromatic carbocycles. The summed E-state index contributed by atoms with van der Waals surface area (Å²) in [6.07, 6.45) is 0.852. The highest BCUT2D eigenvalue weighted by atomic mass is 32.1. The number of carbonyl (C=O) groups is 2. The van der Waals surface area contributed by atoms with Gasteiger partial charge in [-0.25, -0.2) is 13.6 Å². The Balaban J connectivity index is 1.70. The van der Waals surface area contributed by atoms with Gasteiger partial charge in [0.15, 0.2) is 5.75 Å². The van der Waals surface area contributed by atoms with Crippen LogP contribution in [0.2, 0.25) is 0 Å². The standard InChI is InChI=1S/C36H36F2N4O4S/c1-5-31(43)40-25-16-14-24(15-17-25)34-27(19-41(4)18-23-10-7-6-8-11-23)32-33(44)30(46-36(45)39-22(2)3)21-42(35(32)47-34)20-26-28(37)12-9-13-29(26)38/h6-17,21-22H,5,18-20H2,1-4H3,(H,39,45)(H,40,43). The van der Waals surface area contributed by atoms with Gasteiger partial charge in [0.05, 0.1) is 18.1 Å². The third-order valence-electron chi connectivity index (χ3n) is 7.45. The van der Waals surface area contributed by atoms with Crippen LogP contribution in [0.4, 0.5) is 19.3 Å². The quantitative estimate of drug-likeness (QED) is 0.153. The molecule has 0 bridgehead atoms. The predicted molar refractivity (Wildman–Crippen MR) is 182 cm³/mol. The predicted octanol–water partition coefficient (Wildman–Crippen LogP) is 7.53. The highest BCUT2D eigenvalue weighted by Crippen LogP contribution is 2.40. The van der Waals surface area contributed by atoms with Crippen LogP contribution in [0.1, 0.15) is 43.9 Å². The number of carbonyl (C=O) groups excluding carboxylic acids is 2. The Bertz CT molecular complexity index is 1940. The van der Waals surface area contributed by atoms with Crippen molar-refractivity contribution in [1.82, 2.24) is 14.8 Å². The van der Waals surface area contributed by atoms with Crippen LogP contribution >= 0.6 is 11.3 Å². The fourth-order valence-corrected chi connectivity index (χ4v) is 6.53. The average Bonchev–Trinajstić information content (AvgIpc) is 3.40. The van der Waals surface area contributed by atoms with Crippen LogP contribution in [0.3, 0.4) is 0 Å². The van der Waals surface area contributed by atoms with Gasteiger partial charge in [0.2, 0.25) is 11.3 Å². The second kappa shape index (κ2) is 14.7. The smallest absolute Gasteiger partial charge is 0.405 e. The van der Waals surface area contributed by atoms with E-state index in [2.05, 4.69) is 15.5 Å². The van der Waals surface area contributed by atoms with Crippen molar-refractivity contribution in [3.63, 3.8) is 0 Å². The number of hydrogen-bond acceptors (Lipinski definition) is 6. The third kappa shape index (κ3) is 7.93. The molecule has 2 N–H and O–H groups in total. The van der Waals surface area contributed by atoms with Gasteiger partial charge in [0.25, 0.3) is 0 Å². The van der Waals surface area contributed by atoms with E-state index in [0.717, 1.165) is 16.0 Å². The first-order valence-corrected chi connectivity index (χ1v) is 16.1. The van der Waals surface area contributed by atoms with Crippen molar-refractivity contribution in [2.45, 2.75) is 52.9 Å². The summed E-state index contributed by atoms with van der Waals surface area (Å²) in [4.78, 5) is 42.1. The first kappa shape index (κ1) is 33.5. The molecule has 0 saturated heterocycles. The van der Waals surface area contributed by atoms with Crippen molar-refractivity contribution in [2.75, 3.05) is 12.4 Å². The molecule has 0 radical (unpaired) electrons. The second-order valence-electron chi connectivity index (χ2n) is 11.6. The molecule has 5 aromatic rings. The summed E-state index contributed by atoms with van der Waals surface area (Å²) < 4.78 is 36.9. The molecule has 0 saturated carbocycles. The number of fused-ring (bicyclic) bond motifs is 1.